The van der Waals surface area contributed by atoms with Gasteiger partial charge in [-0.05, 0) is 35.9 Å². The number of halogens is 2. The first-order chi connectivity index (χ1) is 13.0. The molecule has 0 radical (unpaired) electrons. The van der Waals surface area contributed by atoms with Gasteiger partial charge in [0.25, 0.3) is 5.91 Å². The molecule has 0 aliphatic rings. The van der Waals surface area contributed by atoms with Crippen LogP contribution in [0.4, 0.5) is 0 Å². The van der Waals surface area contributed by atoms with Crippen LogP contribution in [0.3, 0.4) is 0 Å². The van der Waals surface area contributed by atoms with E-state index in [1.54, 1.807) is 12.1 Å². The van der Waals surface area contributed by atoms with Gasteiger partial charge in [0.05, 0.1) is 30.5 Å². The Morgan fingerprint density at radius 1 is 1.15 bits per heavy atom. The number of aromatic amines is 1. The van der Waals surface area contributed by atoms with E-state index in [0.29, 0.717) is 16.3 Å². The smallest absolute Gasteiger partial charge is 0.254 e. The Kier molecular flexibility index (Phi) is 6.34. The standard InChI is InChI=1S/C20H18BrClN2O3/c21-13-4-7-16-18(9-13)24-17(8-3-12-1-5-14(22)6-2-12)19(16)20(27)23-15(10-25)11-26/h1-9,15,24-26H,10-11H2,(H,23,27)/b8-3+. The van der Waals surface area contributed by atoms with Crippen molar-refractivity contribution < 1.29 is 15.0 Å². The third kappa shape index (κ3) is 4.59. The summed E-state index contributed by atoms with van der Waals surface area (Å²) < 4.78 is 0.889. The Morgan fingerprint density at radius 2 is 1.85 bits per heavy atom. The summed E-state index contributed by atoms with van der Waals surface area (Å²) >= 11 is 9.34. The fourth-order valence-electron chi connectivity index (χ4n) is 2.72. The van der Waals surface area contributed by atoms with Gasteiger partial charge in [-0.3, -0.25) is 4.79 Å². The maximum absolute atomic E-state index is 12.8. The monoisotopic (exact) mass is 448 g/mol. The van der Waals surface area contributed by atoms with Gasteiger partial charge in [-0.2, -0.15) is 0 Å². The summed E-state index contributed by atoms with van der Waals surface area (Å²) in [7, 11) is 0. The van der Waals surface area contributed by atoms with Crippen molar-refractivity contribution in [3.8, 4) is 0 Å². The molecule has 5 nitrogen and oxygen atoms in total. The minimum absolute atomic E-state index is 0.341. The topological polar surface area (TPSA) is 85.3 Å². The molecule has 0 saturated heterocycles. The minimum atomic E-state index is -0.717. The van der Waals surface area contributed by atoms with Crippen LogP contribution in [0.25, 0.3) is 23.1 Å². The highest BCUT2D eigenvalue weighted by Crippen LogP contribution is 2.27. The molecule has 27 heavy (non-hydrogen) atoms. The summed E-state index contributed by atoms with van der Waals surface area (Å²) in [5, 5.41) is 22.6. The van der Waals surface area contributed by atoms with Gasteiger partial charge in [0.1, 0.15) is 0 Å². The number of H-pyrrole nitrogens is 1. The van der Waals surface area contributed by atoms with Crippen LogP contribution < -0.4 is 5.32 Å². The molecule has 140 valence electrons. The number of benzene rings is 2. The average molecular weight is 450 g/mol. The van der Waals surface area contributed by atoms with Crippen LogP contribution in [-0.2, 0) is 0 Å². The quantitative estimate of drug-likeness (QED) is 0.461. The highest BCUT2D eigenvalue weighted by atomic mass is 79.9. The molecule has 0 atom stereocenters. The van der Waals surface area contributed by atoms with E-state index in [0.717, 1.165) is 20.9 Å². The van der Waals surface area contributed by atoms with Gasteiger partial charge < -0.3 is 20.5 Å². The van der Waals surface area contributed by atoms with Crippen molar-refractivity contribution >= 4 is 56.5 Å². The first kappa shape index (κ1) is 19.6. The van der Waals surface area contributed by atoms with Crippen molar-refractivity contribution in [3.05, 3.63) is 68.8 Å². The number of rotatable bonds is 6. The van der Waals surface area contributed by atoms with Gasteiger partial charge >= 0.3 is 0 Å². The van der Waals surface area contributed by atoms with E-state index in [1.807, 2.05) is 42.5 Å². The number of hydrogen-bond acceptors (Lipinski definition) is 3. The zero-order valence-corrected chi connectivity index (χ0v) is 16.6. The van der Waals surface area contributed by atoms with E-state index in [9.17, 15) is 15.0 Å². The van der Waals surface area contributed by atoms with Crippen LogP contribution in [0.5, 0.6) is 0 Å². The molecule has 1 amide bonds. The van der Waals surface area contributed by atoms with Crippen LogP contribution in [0, 0.1) is 0 Å². The van der Waals surface area contributed by atoms with E-state index in [-0.39, 0.29) is 19.1 Å². The Balaban J connectivity index is 2.02. The van der Waals surface area contributed by atoms with Gasteiger partial charge in [0.15, 0.2) is 0 Å². The van der Waals surface area contributed by atoms with E-state index < -0.39 is 6.04 Å². The molecule has 0 spiro atoms. The maximum atomic E-state index is 12.8. The molecule has 0 unspecified atom stereocenters. The maximum Gasteiger partial charge on any atom is 0.254 e. The lowest BCUT2D eigenvalue weighted by Gasteiger charge is -2.13. The van der Waals surface area contributed by atoms with Crippen molar-refractivity contribution in [2.45, 2.75) is 6.04 Å². The number of carbonyl (C=O) groups is 1. The molecule has 3 rings (SSSR count). The Hall–Kier alpha value is -2.12. The fraction of sp³-hybridized carbons (Fsp3) is 0.150. The largest absolute Gasteiger partial charge is 0.394 e. The third-order valence-electron chi connectivity index (χ3n) is 4.11. The molecule has 1 aromatic heterocycles. The predicted molar refractivity (Wildman–Crippen MR) is 112 cm³/mol. The van der Waals surface area contributed by atoms with E-state index in [4.69, 9.17) is 11.6 Å². The Labute approximate surface area is 169 Å². The zero-order chi connectivity index (χ0) is 19.4. The number of aliphatic hydroxyl groups is 2. The molecular formula is C20H18BrClN2O3. The Morgan fingerprint density at radius 3 is 2.52 bits per heavy atom. The summed E-state index contributed by atoms with van der Waals surface area (Å²) in [5.41, 5.74) is 2.82. The summed E-state index contributed by atoms with van der Waals surface area (Å²) in [6.45, 7) is -0.682. The van der Waals surface area contributed by atoms with E-state index in [2.05, 4.69) is 26.2 Å². The number of fused-ring (bicyclic) bond motifs is 1. The van der Waals surface area contributed by atoms with Crippen molar-refractivity contribution in [1.29, 1.82) is 0 Å². The number of hydrogen-bond donors (Lipinski definition) is 4. The Bertz CT molecular complexity index is 979. The highest BCUT2D eigenvalue weighted by Gasteiger charge is 2.19. The fourth-order valence-corrected chi connectivity index (χ4v) is 3.21. The van der Waals surface area contributed by atoms with Gasteiger partial charge in [-0.25, -0.2) is 0 Å². The zero-order valence-electron chi connectivity index (χ0n) is 14.2. The molecule has 0 bridgehead atoms. The normalized spacial score (nSPS) is 11.6. The van der Waals surface area contributed by atoms with Crippen molar-refractivity contribution in [1.82, 2.24) is 10.3 Å². The predicted octanol–water partition coefficient (Wildman–Crippen LogP) is 3.84. The molecule has 0 aliphatic carbocycles. The van der Waals surface area contributed by atoms with Gasteiger partial charge in [0, 0.05) is 20.4 Å². The van der Waals surface area contributed by atoms with Crippen LogP contribution in [0.2, 0.25) is 5.02 Å². The summed E-state index contributed by atoms with van der Waals surface area (Å²) in [4.78, 5) is 16.0. The molecule has 0 saturated carbocycles. The van der Waals surface area contributed by atoms with Crippen LogP contribution >= 0.6 is 27.5 Å². The molecule has 0 fully saturated rings. The number of nitrogens with one attached hydrogen (secondary N) is 2. The molecule has 2 aromatic carbocycles. The van der Waals surface area contributed by atoms with Crippen LogP contribution in [0.15, 0.2) is 46.9 Å². The molecule has 1 heterocycles. The number of aliphatic hydroxyl groups excluding tert-OH is 2. The van der Waals surface area contributed by atoms with Gasteiger partial charge in [-0.1, -0.05) is 51.8 Å². The second kappa shape index (κ2) is 8.71. The first-order valence-corrected chi connectivity index (χ1v) is 9.46. The lowest BCUT2D eigenvalue weighted by Crippen LogP contribution is -2.40. The average Bonchev–Trinajstić information content (AvgIpc) is 3.03. The van der Waals surface area contributed by atoms with Crippen LogP contribution in [-0.4, -0.2) is 40.4 Å². The van der Waals surface area contributed by atoms with Gasteiger partial charge in [-0.15, -0.1) is 0 Å². The number of aromatic nitrogens is 1. The second-order valence-corrected chi connectivity index (χ2v) is 7.38. The molecule has 4 N–H and O–H groups in total. The van der Waals surface area contributed by atoms with Gasteiger partial charge in [0.2, 0.25) is 0 Å². The first-order valence-electron chi connectivity index (χ1n) is 8.29. The second-order valence-electron chi connectivity index (χ2n) is 6.02. The van der Waals surface area contributed by atoms with E-state index in [1.165, 1.54) is 0 Å². The minimum Gasteiger partial charge on any atom is -0.394 e. The van der Waals surface area contributed by atoms with Crippen molar-refractivity contribution in [3.63, 3.8) is 0 Å². The van der Waals surface area contributed by atoms with Crippen molar-refractivity contribution in [2.24, 2.45) is 0 Å². The SMILES string of the molecule is O=C(NC(CO)CO)c1c(/C=C/c2ccc(Cl)cc2)[nH]c2cc(Br)ccc12. The summed E-state index contributed by atoms with van der Waals surface area (Å²) in [6.07, 6.45) is 3.70. The number of carbonyl (C=O) groups excluding carboxylic acids is 1. The highest BCUT2D eigenvalue weighted by molar-refractivity contribution is 9.10. The molecular weight excluding hydrogens is 432 g/mol. The van der Waals surface area contributed by atoms with Crippen molar-refractivity contribution in [2.75, 3.05) is 13.2 Å². The molecule has 0 aliphatic heterocycles. The lowest BCUT2D eigenvalue weighted by atomic mass is 10.1. The number of amides is 1. The molecule has 7 heteroatoms. The summed E-state index contributed by atoms with van der Waals surface area (Å²) in [5.74, 6) is -0.368. The molecule has 3 aromatic rings. The lowest BCUT2D eigenvalue weighted by molar-refractivity contribution is 0.0881. The van der Waals surface area contributed by atoms with E-state index >= 15 is 0 Å². The van der Waals surface area contributed by atoms with Crippen LogP contribution in [0.1, 0.15) is 21.6 Å². The summed E-state index contributed by atoms with van der Waals surface area (Å²) in [6, 6.07) is 12.2. The third-order valence-corrected chi connectivity index (χ3v) is 4.85.